The van der Waals surface area contributed by atoms with E-state index in [1.54, 1.807) is 25.1 Å². The molecule has 1 atom stereocenters. The Morgan fingerprint density at radius 1 is 1.39 bits per heavy atom. The lowest BCUT2D eigenvalue weighted by Gasteiger charge is -2.17. The molecule has 1 aromatic rings. The maximum Gasteiger partial charge on any atom is 0.347 e. The molecular formula is C13H18BrNO3. The van der Waals surface area contributed by atoms with E-state index in [0.29, 0.717) is 24.5 Å². The van der Waals surface area contributed by atoms with Crippen molar-refractivity contribution in [2.24, 2.45) is 0 Å². The number of esters is 1. The highest BCUT2D eigenvalue weighted by Gasteiger charge is 2.21. The molecule has 18 heavy (non-hydrogen) atoms. The highest BCUT2D eigenvalue weighted by molar-refractivity contribution is 9.10. The summed E-state index contributed by atoms with van der Waals surface area (Å²) in [6.07, 6.45) is 0.877. The number of carbonyl (C=O) groups excluding carboxylic acids is 1. The van der Waals surface area contributed by atoms with E-state index < -0.39 is 6.10 Å². The second-order valence-electron chi connectivity index (χ2n) is 3.87. The molecule has 0 saturated carbocycles. The number of hydrogen-bond acceptors (Lipinski definition) is 4. The van der Waals surface area contributed by atoms with Gasteiger partial charge in [-0.15, -0.1) is 0 Å². The number of carbonyl (C=O) groups is 1. The van der Waals surface area contributed by atoms with Crippen LogP contribution in [0.2, 0.25) is 0 Å². The average Bonchev–Trinajstić information content (AvgIpc) is 2.27. The Morgan fingerprint density at radius 3 is 2.67 bits per heavy atom. The van der Waals surface area contributed by atoms with E-state index in [9.17, 15) is 4.79 Å². The van der Waals surface area contributed by atoms with Gasteiger partial charge in [-0.2, -0.15) is 0 Å². The molecule has 0 heterocycles. The first kappa shape index (κ1) is 14.8. The number of ether oxygens (including phenoxy) is 2. The molecule has 0 aliphatic carbocycles. The summed E-state index contributed by atoms with van der Waals surface area (Å²) >= 11 is 3.33. The molecule has 1 aromatic carbocycles. The number of halogens is 1. The van der Waals surface area contributed by atoms with Crippen LogP contribution in [-0.2, 0) is 9.53 Å². The van der Waals surface area contributed by atoms with Gasteiger partial charge in [0, 0.05) is 16.2 Å². The molecule has 1 unspecified atom stereocenters. The highest BCUT2D eigenvalue weighted by Crippen LogP contribution is 2.24. The van der Waals surface area contributed by atoms with Gasteiger partial charge in [-0.3, -0.25) is 0 Å². The van der Waals surface area contributed by atoms with Crippen LogP contribution >= 0.6 is 15.9 Å². The summed E-state index contributed by atoms with van der Waals surface area (Å²) in [4.78, 5) is 11.7. The van der Waals surface area contributed by atoms with Crippen molar-refractivity contribution < 1.29 is 14.3 Å². The van der Waals surface area contributed by atoms with Crippen molar-refractivity contribution in [3.05, 3.63) is 22.7 Å². The van der Waals surface area contributed by atoms with Gasteiger partial charge in [-0.1, -0.05) is 29.3 Å². The maximum atomic E-state index is 11.7. The van der Waals surface area contributed by atoms with E-state index >= 15 is 0 Å². The first-order valence-corrected chi connectivity index (χ1v) is 6.75. The minimum absolute atomic E-state index is 0.335. The molecule has 0 aliphatic rings. The molecule has 2 N–H and O–H groups in total. The third kappa shape index (κ3) is 4.56. The van der Waals surface area contributed by atoms with Crippen molar-refractivity contribution in [2.45, 2.75) is 32.8 Å². The summed E-state index contributed by atoms with van der Waals surface area (Å²) in [5, 5.41) is 0. The van der Waals surface area contributed by atoms with E-state index in [2.05, 4.69) is 15.9 Å². The smallest absolute Gasteiger partial charge is 0.347 e. The van der Waals surface area contributed by atoms with Gasteiger partial charge in [0.25, 0.3) is 0 Å². The summed E-state index contributed by atoms with van der Waals surface area (Å²) < 4.78 is 11.4. The Kier molecular flexibility index (Phi) is 5.98. The third-order valence-electron chi connectivity index (χ3n) is 2.27. The minimum atomic E-state index is -0.580. The summed E-state index contributed by atoms with van der Waals surface area (Å²) in [5.74, 6) is 0.228. The molecule has 0 bridgehead atoms. The normalized spacial score (nSPS) is 11.9. The Morgan fingerprint density at radius 2 is 2.11 bits per heavy atom. The molecule has 0 spiro atoms. The molecule has 1 rings (SSSR count). The zero-order valence-electron chi connectivity index (χ0n) is 10.6. The summed E-state index contributed by atoms with van der Waals surface area (Å²) in [6, 6.07) is 5.23. The molecule has 100 valence electrons. The van der Waals surface area contributed by atoms with Gasteiger partial charge in [-0.25, -0.2) is 4.79 Å². The molecule has 0 aliphatic heterocycles. The second kappa shape index (κ2) is 7.26. The fraction of sp³-hybridized carbons (Fsp3) is 0.462. The summed E-state index contributed by atoms with van der Waals surface area (Å²) in [7, 11) is 0. The number of nitrogens with two attached hydrogens (primary N) is 1. The third-order valence-corrected chi connectivity index (χ3v) is 2.73. The molecule has 5 heteroatoms. The van der Waals surface area contributed by atoms with Gasteiger partial charge >= 0.3 is 5.97 Å². The zero-order valence-corrected chi connectivity index (χ0v) is 12.2. The van der Waals surface area contributed by atoms with Crippen molar-refractivity contribution in [2.75, 3.05) is 12.3 Å². The predicted molar refractivity (Wildman–Crippen MR) is 74.5 cm³/mol. The van der Waals surface area contributed by atoms with Crippen molar-refractivity contribution >= 4 is 27.6 Å². The molecular weight excluding hydrogens is 298 g/mol. The lowest BCUT2D eigenvalue weighted by molar-refractivity contribution is -0.151. The number of hydrogen-bond donors (Lipinski definition) is 1. The molecule has 0 aromatic heterocycles. The van der Waals surface area contributed by atoms with E-state index in [0.717, 1.165) is 10.9 Å². The summed E-state index contributed by atoms with van der Waals surface area (Å²) in [6.45, 7) is 4.12. The van der Waals surface area contributed by atoms with Crippen LogP contribution in [0.1, 0.15) is 26.7 Å². The van der Waals surface area contributed by atoms with Gasteiger partial charge in [0.2, 0.25) is 0 Å². The zero-order chi connectivity index (χ0) is 13.5. The number of rotatable bonds is 6. The number of nitrogen functional groups attached to an aromatic ring is 1. The van der Waals surface area contributed by atoms with Gasteiger partial charge in [0.15, 0.2) is 6.10 Å². The van der Waals surface area contributed by atoms with Crippen molar-refractivity contribution in [3.8, 4) is 5.75 Å². The van der Waals surface area contributed by atoms with Crippen LogP contribution in [0.15, 0.2) is 22.7 Å². The molecule has 4 nitrogen and oxygen atoms in total. The van der Waals surface area contributed by atoms with Crippen LogP contribution in [0, 0.1) is 0 Å². The lowest BCUT2D eigenvalue weighted by Crippen LogP contribution is -2.29. The topological polar surface area (TPSA) is 61.5 Å². The Labute approximate surface area is 116 Å². The van der Waals surface area contributed by atoms with E-state index in [-0.39, 0.29) is 5.97 Å². The molecule has 0 saturated heterocycles. The predicted octanol–water partition coefficient (Wildman–Crippen LogP) is 3.14. The molecule has 0 amide bonds. The van der Waals surface area contributed by atoms with Crippen LogP contribution in [0.25, 0.3) is 0 Å². The molecule has 0 radical (unpaired) electrons. The average molecular weight is 316 g/mol. The first-order valence-electron chi connectivity index (χ1n) is 5.96. The molecule has 0 fully saturated rings. The van der Waals surface area contributed by atoms with Crippen molar-refractivity contribution in [3.63, 3.8) is 0 Å². The Hall–Kier alpha value is -1.23. The minimum Gasteiger partial charge on any atom is -0.479 e. The monoisotopic (exact) mass is 315 g/mol. The van der Waals surface area contributed by atoms with E-state index in [1.807, 2.05) is 6.92 Å². The van der Waals surface area contributed by atoms with Gasteiger partial charge in [0.1, 0.15) is 5.75 Å². The Bertz CT molecular complexity index is 389. The number of benzene rings is 1. The van der Waals surface area contributed by atoms with Crippen LogP contribution in [0.4, 0.5) is 5.69 Å². The van der Waals surface area contributed by atoms with Crippen LogP contribution in [0.5, 0.6) is 5.75 Å². The van der Waals surface area contributed by atoms with E-state index in [1.165, 1.54) is 0 Å². The fourth-order valence-electron chi connectivity index (χ4n) is 1.54. The number of anilines is 1. The van der Waals surface area contributed by atoms with Gasteiger partial charge in [0.05, 0.1) is 6.61 Å². The van der Waals surface area contributed by atoms with E-state index in [4.69, 9.17) is 15.2 Å². The Balaban J connectivity index is 2.78. The fourth-order valence-corrected chi connectivity index (χ4v) is 2.03. The standard InChI is InChI=1S/C13H18BrNO3/c1-3-5-12(13(16)17-4-2)18-11-7-9(14)6-10(15)8-11/h6-8,12H,3-5,15H2,1-2H3. The van der Waals surface area contributed by atoms with Gasteiger partial charge < -0.3 is 15.2 Å². The SMILES string of the molecule is CCCC(Oc1cc(N)cc(Br)c1)C(=O)OCC. The lowest BCUT2D eigenvalue weighted by atomic mass is 10.2. The highest BCUT2D eigenvalue weighted by atomic mass is 79.9. The van der Waals surface area contributed by atoms with Crippen molar-refractivity contribution in [1.29, 1.82) is 0 Å². The second-order valence-corrected chi connectivity index (χ2v) is 4.78. The van der Waals surface area contributed by atoms with Crippen molar-refractivity contribution in [1.82, 2.24) is 0 Å². The van der Waals surface area contributed by atoms with Gasteiger partial charge in [-0.05, 0) is 25.5 Å². The van der Waals surface area contributed by atoms with Crippen LogP contribution in [0.3, 0.4) is 0 Å². The van der Waals surface area contributed by atoms with Crippen LogP contribution < -0.4 is 10.5 Å². The largest absolute Gasteiger partial charge is 0.479 e. The van der Waals surface area contributed by atoms with Crippen LogP contribution in [-0.4, -0.2) is 18.7 Å². The maximum absolute atomic E-state index is 11.7. The first-order chi connectivity index (χ1) is 8.56. The summed E-state index contributed by atoms with van der Waals surface area (Å²) in [5.41, 5.74) is 6.30. The quantitative estimate of drug-likeness (QED) is 0.647.